The Morgan fingerprint density at radius 3 is 2.65 bits per heavy atom. The van der Waals surface area contributed by atoms with Gasteiger partial charge in [-0.05, 0) is 43.3 Å². The molecule has 26 heavy (non-hydrogen) atoms. The van der Waals surface area contributed by atoms with Crippen LogP contribution in [0, 0.1) is 0 Å². The minimum atomic E-state index is -0.282. The van der Waals surface area contributed by atoms with Crippen molar-refractivity contribution in [2.75, 3.05) is 19.0 Å². The molecule has 1 N–H and O–H groups in total. The molecule has 0 radical (unpaired) electrons. The van der Waals surface area contributed by atoms with Crippen molar-refractivity contribution in [1.29, 1.82) is 0 Å². The van der Waals surface area contributed by atoms with Crippen LogP contribution in [0.25, 0.3) is 10.6 Å². The average molecular weight is 389 g/mol. The molecule has 7 heteroatoms. The van der Waals surface area contributed by atoms with Crippen molar-refractivity contribution in [2.24, 2.45) is 0 Å². The van der Waals surface area contributed by atoms with E-state index in [1.165, 1.54) is 7.11 Å². The highest BCUT2D eigenvalue weighted by atomic mass is 35.5. The summed E-state index contributed by atoms with van der Waals surface area (Å²) in [4.78, 5) is 16.8. The summed E-state index contributed by atoms with van der Waals surface area (Å²) in [5.41, 5.74) is 2.07. The molecule has 0 aliphatic rings. The van der Waals surface area contributed by atoms with Crippen molar-refractivity contribution in [3.05, 3.63) is 58.6 Å². The molecule has 0 atom stereocenters. The molecule has 0 unspecified atom stereocenters. The Hall–Kier alpha value is -2.57. The summed E-state index contributed by atoms with van der Waals surface area (Å²) in [6.07, 6.45) is 1.76. The molecule has 0 fully saturated rings. The summed E-state index contributed by atoms with van der Waals surface area (Å²) in [5, 5.41) is 6.04. The fourth-order valence-electron chi connectivity index (χ4n) is 2.40. The van der Waals surface area contributed by atoms with Gasteiger partial charge in [0.2, 0.25) is 0 Å². The van der Waals surface area contributed by atoms with E-state index in [4.69, 9.17) is 21.1 Å². The first-order valence-electron chi connectivity index (χ1n) is 7.94. The number of carbonyl (C=O) groups is 1. The third-order valence-corrected chi connectivity index (χ3v) is 4.71. The van der Waals surface area contributed by atoms with Crippen molar-refractivity contribution >= 4 is 34.5 Å². The standard InChI is InChI=1S/C19H17ClN2O3S/c1-3-25-17-15(20)10-13(11-16(17)24-2)18(23)22-14-6-4-12(5-7-14)19-21-8-9-26-19/h4-11H,3H2,1-2H3,(H,22,23). The van der Waals surface area contributed by atoms with Crippen LogP contribution in [0.2, 0.25) is 5.02 Å². The number of ether oxygens (including phenoxy) is 2. The molecule has 1 amide bonds. The van der Waals surface area contributed by atoms with Gasteiger partial charge in [-0.15, -0.1) is 11.3 Å². The maximum Gasteiger partial charge on any atom is 0.255 e. The zero-order valence-electron chi connectivity index (χ0n) is 14.3. The van der Waals surface area contributed by atoms with Gasteiger partial charge in [-0.3, -0.25) is 4.79 Å². The zero-order chi connectivity index (χ0) is 18.5. The largest absolute Gasteiger partial charge is 0.493 e. The van der Waals surface area contributed by atoms with Crippen molar-refractivity contribution in [1.82, 2.24) is 4.98 Å². The Morgan fingerprint density at radius 2 is 2.04 bits per heavy atom. The number of hydrogen-bond acceptors (Lipinski definition) is 5. The normalized spacial score (nSPS) is 10.4. The van der Waals surface area contributed by atoms with Crippen LogP contribution < -0.4 is 14.8 Å². The molecule has 2 aromatic carbocycles. The second-order valence-corrected chi connectivity index (χ2v) is 6.59. The van der Waals surface area contributed by atoms with Gasteiger partial charge in [-0.1, -0.05) is 11.6 Å². The monoisotopic (exact) mass is 388 g/mol. The minimum Gasteiger partial charge on any atom is -0.493 e. The van der Waals surface area contributed by atoms with Gasteiger partial charge < -0.3 is 14.8 Å². The Bertz CT molecular complexity index is 896. The highest BCUT2D eigenvalue weighted by Crippen LogP contribution is 2.36. The van der Waals surface area contributed by atoms with Crippen LogP contribution in [-0.2, 0) is 0 Å². The quantitative estimate of drug-likeness (QED) is 0.636. The number of aromatic nitrogens is 1. The van der Waals surface area contributed by atoms with Crippen LogP contribution in [0.15, 0.2) is 48.0 Å². The molecular formula is C19H17ClN2O3S. The van der Waals surface area contributed by atoms with Crippen molar-refractivity contribution in [3.63, 3.8) is 0 Å². The summed E-state index contributed by atoms with van der Waals surface area (Å²) in [6.45, 7) is 2.30. The van der Waals surface area contributed by atoms with Crippen molar-refractivity contribution in [3.8, 4) is 22.1 Å². The lowest BCUT2D eigenvalue weighted by Crippen LogP contribution is -2.12. The lowest BCUT2D eigenvalue weighted by Gasteiger charge is -2.13. The van der Waals surface area contributed by atoms with E-state index < -0.39 is 0 Å². The molecule has 3 rings (SSSR count). The van der Waals surface area contributed by atoms with Crippen molar-refractivity contribution in [2.45, 2.75) is 6.92 Å². The molecule has 0 saturated heterocycles. The predicted octanol–water partition coefficient (Wildman–Crippen LogP) is 5.12. The molecule has 5 nitrogen and oxygen atoms in total. The average Bonchev–Trinajstić information content (AvgIpc) is 3.18. The fourth-order valence-corrected chi connectivity index (χ4v) is 3.31. The van der Waals surface area contributed by atoms with Crippen LogP contribution in [0.1, 0.15) is 17.3 Å². The highest BCUT2D eigenvalue weighted by Gasteiger charge is 2.16. The molecule has 134 valence electrons. The molecule has 0 spiro atoms. The number of amides is 1. The highest BCUT2D eigenvalue weighted by molar-refractivity contribution is 7.13. The summed E-state index contributed by atoms with van der Waals surface area (Å²) >= 11 is 7.79. The van der Waals surface area contributed by atoms with Gasteiger partial charge >= 0.3 is 0 Å². The van der Waals surface area contributed by atoms with Gasteiger partial charge in [-0.25, -0.2) is 4.98 Å². The first-order chi connectivity index (χ1) is 12.6. The van der Waals surface area contributed by atoms with E-state index in [1.54, 1.807) is 29.7 Å². The molecule has 1 heterocycles. The number of rotatable bonds is 6. The lowest BCUT2D eigenvalue weighted by molar-refractivity contribution is 0.102. The summed E-state index contributed by atoms with van der Waals surface area (Å²) < 4.78 is 10.7. The SMILES string of the molecule is CCOc1c(Cl)cc(C(=O)Nc2ccc(-c3nccs3)cc2)cc1OC. The number of anilines is 1. The first kappa shape index (κ1) is 18.2. The number of hydrogen-bond donors (Lipinski definition) is 1. The van der Waals surface area contributed by atoms with Crippen LogP contribution >= 0.6 is 22.9 Å². The molecule has 0 aliphatic carbocycles. The van der Waals surface area contributed by atoms with Crippen molar-refractivity contribution < 1.29 is 14.3 Å². The van der Waals surface area contributed by atoms with E-state index in [9.17, 15) is 4.79 Å². The maximum atomic E-state index is 12.5. The van der Waals surface area contributed by atoms with E-state index in [0.717, 1.165) is 10.6 Å². The maximum absolute atomic E-state index is 12.5. The number of halogens is 1. The number of nitrogens with zero attached hydrogens (tertiary/aromatic N) is 1. The summed E-state index contributed by atoms with van der Waals surface area (Å²) in [6, 6.07) is 10.7. The van der Waals surface area contributed by atoms with E-state index in [0.29, 0.717) is 34.4 Å². The third-order valence-electron chi connectivity index (χ3n) is 3.60. The Kier molecular flexibility index (Phi) is 5.75. The molecule has 0 saturated carbocycles. The Labute approximate surface area is 160 Å². The lowest BCUT2D eigenvalue weighted by atomic mass is 10.1. The number of carbonyl (C=O) groups excluding carboxylic acids is 1. The number of benzene rings is 2. The fraction of sp³-hybridized carbons (Fsp3) is 0.158. The van der Waals surface area contributed by atoms with E-state index >= 15 is 0 Å². The predicted molar refractivity (Wildman–Crippen MR) is 105 cm³/mol. The van der Waals surface area contributed by atoms with Gasteiger partial charge in [0.25, 0.3) is 5.91 Å². The van der Waals surface area contributed by atoms with Crippen LogP contribution in [0.5, 0.6) is 11.5 Å². The van der Waals surface area contributed by atoms with Gasteiger partial charge in [0.05, 0.1) is 18.7 Å². The van der Waals surface area contributed by atoms with E-state index in [1.807, 2.05) is 36.6 Å². The van der Waals surface area contributed by atoms with Gasteiger partial charge in [0, 0.05) is 28.4 Å². The van der Waals surface area contributed by atoms with Gasteiger partial charge in [0.1, 0.15) is 5.01 Å². The molecule has 1 aromatic heterocycles. The topological polar surface area (TPSA) is 60.5 Å². The summed E-state index contributed by atoms with van der Waals surface area (Å²) in [7, 11) is 1.51. The number of nitrogens with one attached hydrogen (secondary N) is 1. The molecule has 0 aliphatic heterocycles. The zero-order valence-corrected chi connectivity index (χ0v) is 15.9. The van der Waals surface area contributed by atoms with Crippen LogP contribution in [0.3, 0.4) is 0 Å². The molecular weight excluding hydrogens is 372 g/mol. The molecule has 0 bridgehead atoms. The smallest absolute Gasteiger partial charge is 0.255 e. The number of thiazole rings is 1. The molecule has 3 aromatic rings. The van der Waals surface area contributed by atoms with Crippen LogP contribution in [-0.4, -0.2) is 24.6 Å². The van der Waals surface area contributed by atoms with E-state index in [-0.39, 0.29) is 5.91 Å². The van der Waals surface area contributed by atoms with Crippen LogP contribution in [0.4, 0.5) is 5.69 Å². The first-order valence-corrected chi connectivity index (χ1v) is 9.19. The Balaban J connectivity index is 1.78. The van der Waals surface area contributed by atoms with Gasteiger partial charge in [0.15, 0.2) is 11.5 Å². The van der Waals surface area contributed by atoms with Gasteiger partial charge in [-0.2, -0.15) is 0 Å². The third kappa shape index (κ3) is 3.98. The number of methoxy groups -OCH3 is 1. The second kappa shape index (κ2) is 8.21. The Morgan fingerprint density at radius 1 is 1.27 bits per heavy atom. The minimum absolute atomic E-state index is 0.282. The summed E-state index contributed by atoms with van der Waals surface area (Å²) in [5.74, 6) is 0.569. The second-order valence-electron chi connectivity index (χ2n) is 5.29. The van der Waals surface area contributed by atoms with E-state index in [2.05, 4.69) is 10.3 Å².